The Balaban J connectivity index is 1.86. The maximum absolute atomic E-state index is 12.1. The topological polar surface area (TPSA) is 103 Å². The fourth-order valence-electron chi connectivity index (χ4n) is 2.16. The molecule has 0 aliphatic rings. The van der Waals surface area contributed by atoms with Gasteiger partial charge in [0.1, 0.15) is 5.56 Å². The smallest absolute Gasteiger partial charge is 0.347 e. The molecule has 0 spiro atoms. The van der Waals surface area contributed by atoms with E-state index in [-0.39, 0.29) is 11.4 Å². The molecule has 0 amide bonds. The standard InChI is InChI=1S/C15H16N4O4/c1-2-21-7-4-8-22-12-6-3-5-10-9-11(14-16-18-19-17-14)15(20)23-13(10)12/h3,5-6,9H,2,4,7-8H2,1H3,(H,16,17,18,19). The maximum Gasteiger partial charge on any atom is 0.347 e. The number of nitrogens with zero attached hydrogens (tertiary/aromatic N) is 3. The Hall–Kier alpha value is -2.74. The number of benzene rings is 1. The normalized spacial score (nSPS) is 11.0. The molecule has 1 aromatic carbocycles. The van der Waals surface area contributed by atoms with Crippen molar-refractivity contribution in [3.05, 3.63) is 34.7 Å². The lowest BCUT2D eigenvalue weighted by molar-refractivity contribution is 0.131. The Kier molecular flexibility index (Phi) is 4.62. The van der Waals surface area contributed by atoms with Crippen molar-refractivity contribution >= 4 is 11.0 Å². The quantitative estimate of drug-likeness (QED) is 0.523. The zero-order valence-electron chi connectivity index (χ0n) is 12.6. The number of aromatic nitrogens is 4. The van der Waals surface area contributed by atoms with Gasteiger partial charge in [0, 0.05) is 25.0 Å². The van der Waals surface area contributed by atoms with E-state index >= 15 is 0 Å². The molecule has 0 unspecified atom stereocenters. The molecule has 3 aromatic rings. The fourth-order valence-corrected chi connectivity index (χ4v) is 2.16. The van der Waals surface area contributed by atoms with Gasteiger partial charge in [0.2, 0.25) is 0 Å². The predicted octanol–water partition coefficient (Wildman–Crippen LogP) is 1.78. The second-order valence-electron chi connectivity index (χ2n) is 4.77. The average Bonchev–Trinajstić information content (AvgIpc) is 3.08. The molecule has 2 aromatic heterocycles. The summed E-state index contributed by atoms with van der Waals surface area (Å²) in [7, 11) is 0. The highest BCUT2D eigenvalue weighted by Gasteiger charge is 2.13. The summed E-state index contributed by atoms with van der Waals surface area (Å²) in [5.74, 6) is 0.794. The zero-order chi connectivity index (χ0) is 16.1. The minimum Gasteiger partial charge on any atom is -0.490 e. The number of fused-ring (bicyclic) bond motifs is 1. The van der Waals surface area contributed by atoms with Crippen molar-refractivity contribution in [2.24, 2.45) is 0 Å². The van der Waals surface area contributed by atoms with Crippen LogP contribution in [0.3, 0.4) is 0 Å². The molecule has 0 aliphatic carbocycles. The van der Waals surface area contributed by atoms with Crippen LogP contribution in [-0.2, 0) is 4.74 Å². The van der Waals surface area contributed by atoms with Gasteiger partial charge in [-0.1, -0.05) is 12.1 Å². The Labute approximate surface area is 131 Å². The first kappa shape index (κ1) is 15.2. The molecule has 8 heteroatoms. The van der Waals surface area contributed by atoms with E-state index in [0.29, 0.717) is 31.2 Å². The second-order valence-corrected chi connectivity index (χ2v) is 4.77. The lowest BCUT2D eigenvalue weighted by Gasteiger charge is -2.08. The number of ether oxygens (including phenoxy) is 2. The molecule has 0 fully saturated rings. The number of H-pyrrole nitrogens is 1. The van der Waals surface area contributed by atoms with Crippen LogP contribution in [0.4, 0.5) is 0 Å². The minimum absolute atomic E-state index is 0.267. The largest absolute Gasteiger partial charge is 0.490 e. The molecule has 0 aliphatic heterocycles. The van der Waals surface area contributed by atoms with Crippen molar-refractivity contribution in [2.45, 2.75) is 13.3 Å². The first-order valence-electron chi connectivity index (χ1n) is 7.31. The number of para-hydroxylation sites is 1. The number of hydrogen-bond acceptors (Lipinski definition) is 7. The summed E-state index contributed by atoms with van der Waals surface area (Å²) >= 11 is 0. The SMILES string of the molecule is CCOCCCOc1cccc2cc(-c3nnn[nH]3)c(=O)oc12. The van der Waals surface area contributed by atoms with Gasteiger partial charge < -0.3 is 13.9 Å². The van der Waals surface area contributed by atoms with Crippen molar-refractivity contribution < 1.29 is 13.9 Å². The monoisotopic (exact) mass is 316 g/mol. The van der Waals surface area contributed by atoms with Crippen molar-refractivity contribution in [2.75, 3.05) is 19.8 Å². The molecule has 0 saturated carbocycles. The first-order chi connectivity index (χ1) is 11.3. The fraction of sp³-hybridized carbons (Fsp3) is 0.333. The van der Waals surface area contributed by atoms with Crippen LogP contribution < -0.4 is 10.4 Å². The number of tetrazole rings is 1. The summed E-state index contributed by atoms with van der Waals surface area (Å²) in [5.41, 5.74) is 0.155. The van der Waals surface area contributed by atoms with E-state index in [2.05, 4.69) is 20.6 Å². The number of rotatable bonds is 7. The molecule has 120 valence electrons. The molecule has 0 saturated heterocycles. The summed E-state index contributed by atoms with van der Waals surface area (Å²) in [6, 6.07) is 7.11. The molecule has 8 nitrogen and oxygen atoms in total. The highest BCUT2D eigenvalue weighted by molar-refractivity contribution is 5.85. The Morgan fingerprint density at radius 3 is 3.00 bits per heavy atom. The van der Waals surface area contributed by atoms with Gasteiger partial charge in [-0.15, -0.1) is 5.10 Å². The van der Waals surface area contributed by atoms with E-state index in [4.69, 9.17) is 13.9 Å². The van der Waals surface area contributed by atoms with Gasteiger partial charge in [-0.25, -0.2) is 9.89 Å². The summed E-state index contributed by atoms with van der Waals surface area (Å²) in [6.07, 6.45) is 0.760. The van der Waals surface area contributed by atoms with E-state index in [1.165, 1.54) is 0 Å². The molecule has 0 atom stereocenters. The van der Waals surface area contributed by atoms with Crippen LogP contribution in [0.15, 0.2) is 33.5 Å². The van der Waals surface area contributed by atoms with Gasteiger partial charge in [-0.2, -0.15) is 0 Å². The van der Waals surface area contributed by atoms with E-state index in [0.717, 1.165) is 11.8 Å². The van der Waals surface area contributed by atoms with Gasteiger partial charge in [-0.05, 0) is 29.5 Å². The van der Waals surface area contributed by atoms with Gasteiger partial charge in [0.05, 0.1) is 6.61 Å². The molecule has 1 N–H and O–H groups in total. The number of hydrogen-bond donors (Lipinski definition) is 1. The summed E-state index contributed by atoms with van der Waals surface area (Å²) in [6.45, 7) is 3.74. The summed E-state index contributed by atoms with van der Waals surface area (Å²) in [4.78, 5) is 12.1. The predicted molar refractivity (Wildman–Crippen MR) is 82.3 cm³/mol. The average molecular weight is 316 g/mol. The van der Waals surface area contributed by atoms with Crippen LogP contribution in [0, 0.1) is 0 Å². The second kappa shape index (κ2) is 7.01. The Bertz CT molecular complexity index is 829. The van der Waals surface area contributed by atoms with Crippen LogP contribution in [0.2, 0.25) is 0 Å². The molecule has 23 heavy (non-hydrogen) atoms. The van der Waals surface area contributed by atoms with Gasteiger partial charge in [0.15, 0.2) is 17.2 Å². The maximum atomic E-state index is 12.1. The van der Waals surface area contributed by atoms with E-state index < -0.39 is 5.63 Å². The molecule has 3 rings (SSSR count). The van der Waals surface area contributed by atoms with Crippen molar-refractivity contribution in [3.63, 3.8) is 0 Å². The van der Waals surface area contributed by atoms with Gasteiger partial charge in [0.25, 0.3) is 0 Å². The molecular formula is C15H16N4O4. The van der Waals surface area contributed by atoms with E-state index in [9.17, 15) is 4.79 Å². The van der Waals surface area contributed by atoms with Gasteiger partial charge in [-0.3, -0.25) is 0 Å². The van der Waals surface area contributed by atoms with Crippen molar-refractivity contribution in [1.29, 1.82) is 0 Å². The van der Waals surface area contributed by atoms with Crippen LogP contribution in [0.1, 0.15) is 13.3 Å². The third kappa shape index (κ3) is 3.37. The van der Waals surface area contributed by atoms with Crippen LogP contribution >= 0.6 is 0 Å². The molecule has 2 heterocycles. The number of nitrogens with one attached hydrogen (secondary N) is 1. The van der Waals surface area contributed by atoms with E-state index in [1.54, 1.807) is 12.1 Å². The third-order valence-corrected chi connectivity index (χ3v) is 3.22. The van der Waals surface area contributed by atoms with Crippen LogP contribution in [-0.4, -0.2) is 40.4 Å². The molecule has 0 bridgehead atoms. The van der Waals surface area contributed by atoms with Crippen molar-refractivity contribution in [3.8, 4) is 17.1 Å². The third-order valence-electron chi connectivity index (χ3n) is 3.22. The van der Waals surface area contributed by atoms with Crippen LogP contribution in [0.25, 0.3) is 22.4 Å². The Morgan fingerprint density at radius 2 is 2.22 bits per heavy atom. The zero-order valence-corrected chi connectivity index (χ0v) is 12.6. The Morgan fingerprint density at radius 1 is 1.30 bits per heavy atom. The van der Waals surface area contributed by atoms with Crippen LogP contribution in [0.5, 0.6) is 5.75 Å². The van der Waals surface area contributed by atoms with Crippen molar-refractivity contribution in [1.82, 2.24) is 20.6 Å². The number of aromatic amines is 1. The molecular weight excluding hydrogens is 300 g/mol. The highest BCUT2D eigenvalue weighted by atomic mass is 16.5. The molecule has 0 radical (unpaired) electrons. The van der Waals surface area contributed by atoms with E-state index in [1.807, 2.05) is 19.1 Å². The highest BCUT2D eigenvalue weighted by Crippen LogP contribution is 2.26. The summed E-state index contributed by atoms with van der Waals surface area (Å²) < 4.78 is 16.3. The summed E-state index contributed by atoms with van der Waals surface area (Å²) in [5, 5.41) is 13.9. The van der Waals surface area contributed by atoms with Gasteiger partial charge >= 0.3 is 5.63 Å². The first-order valence-corrected chi connectivity index (χ1v) is 7.31. The minimum atomic E-state index is -0.526. The lowest BCUT2D eigenvalue weighted by Crippen LogP contribution is -2.06. The lowest BCUT2D eigenvalue weighted by atomic mass is 10.1.